The summed E-state index contributed by atoms with van der Waals surface area (Å²) in [5.41, 5.74) is 0.915. The van der Waals surface area contributed by atoms with E-state index in [9.17, 15) is 0 Å². The van der Waals surface area contributed by atoms with Gasteiger partial charge < -0.3 is 0 Å². The van der Waals surface area contributed by atoms with E-state index in [2.05, 4.69) is 26.5 Å². The first kappa shape index (κ1) is 10.8. The van der Waals surface area contributed by atoms with Gasteiger partial charge in [0.05, 0.1) is 16.6 Å². The minimum absolute atomic E-state index is 0.724. The lowest BCUT2D eigenvalue weighted by Gasteiger charge is -1.90. The number of thiophene rings is 1. The molecule has 0 bridgehead atoms. The molecule has 8 heteroatoms. The Bertz CT molecular complexity index is 838. The summed E-state index contributed by atoms with van der Waals surface area (Å²) < 4.78 is 3.51. The third-order valence-electron chi connectivity index (χ3n) is 2.69. The molecule has 0 aliphatic carbocycles. The van der Waals surface area contributed by atoms with Crippen molar-refractivity contribution in [2.24, 2.45) is 7.05 Å². The van der Waals surface area contributed by atoms with Crippen LogP contribution >= 0.6 is 22.7 Å². The summed E-state index contributed by atoms with van der Waals surface area (Å²) in [6.07, 6.45) is 3.67. The van der Waals surface area contributed by atoms with E-state index in [4.69, 9.17) is 0 Å². The Morgan fingerprint density at radius 3 is 2.95 bits per heavy atom. The molecule has 0 N–H and O–H groups in total. The lowest BCUT2D eigenvalue weighted by molar-refractivity contribution is 0.768. The molecule has 6 nitrogen and oxygen atoms in total. The monoisotopic (exact) mass is 288 g/mol. The molecule has 0 atom stereocenters. The van der Waals surface area contributed by atoms with Crippen molar-refractivity contribution in [3.05, 3.63) is 29.9 Å². The maximum absolute atomic E-state index is 4.58. The minimum atomic E-state index is 0.724. The predicted molar refractivity (Wildman–Crippen MR) is 74.2 cm³/mol. The first-order valence-corrected chi connectivity index (χ1v) is 7.26. The molecule has 0 aliphatic heterocycles. The molecule has 0 fully saturated rings. The zero-order valence-electron chi connectivity index (χ0n) is 9.89. The van der Waals surface area contributed by atoms with Gasteiger partial charge in [-0.2, -0.15) is 14.7 Å². The number of rotatable bonds is 2. The minimum Gasteiger partial charge on any atom is -0.275 e. The summed E-state index contributed by atoms with van der Waals surface area (Å²) >= 11 is 3.21. The molecule has 19 heavy (non-hydrogen) atoms. The van der Waals surface area contributed by atoms with Crippen molar-refractivity contribution in [3.63, 3.8) is 0 Å². The molecule has 0 saturated heterocycles. The van der Waals surface area contributed by atoms with Crippen LogP contribution < -0.4 is 0 Å². The Hall–Kier alpha value is -2.06. The Kier molecular flexibility index (Phi) is 2.26. The lowest BCUT2D eigenvalue weighted by atomic mass is 10.3. The number of nitrogens with zero attached hydrogens (tertiary/aromatic N) is 6. The summed E-state index contributed by atoms with van der Waals surface area (Å²) in [7, 11) is 1.87. The van der Waals surface area contributed by atoms with E-state index in [0.29, 0.717) is 0 Å². The van der Waals surface area contributed by atoms with Gasteiger partial charge in [0.15, 0.2) is 10.8 Å². The maximum Gasteiger partial charge on any atom is 0.235 e. The number of hydrogen-bond donors (Lipinski definition) is 0. The first-order chi connectivity index (χ1) is 9.31. The molecule has 0 amide bonds. The topological polar surface area (TPSA) is 60.9 Å². The Morgan fingerprint density at radius 2 is 2.21 bits per heavy atom. The van der Waals surface area contributed by atoms with Crippen molar-refractivity contribution in [2.75, 3.05) is 0 Å². The molecule has 0 aliphatic rings. The summed E-state index contributed by atoms with van der Waals surface area (Å²) in [6.45, 7) is 0. The van der Waals surface area contributed by atoms with Gasteiger partial charge in [-0.15, -0.1) is 21.5 Å². The highest BCUT2D eigenvalue weighted by atomic mass is 32.1. The highest BCUT2D eigenvalue weighted by molar-refractivity contribution is 7.23. The fraction of sp³-hybridized carbons (Fsp3) is 0.0909. The van der Waals surface area contributed by atoms with Crippen LogP contribution in [0.1, 0.15) is 0 Å². The van der Waals surface area contributed by atoms with E-state index in [1.54, 1.807) is 26.7 Å². The van der Waals surface area contributed by atoms with Crippen LogP contribution in [-0.4, -0.2) is 29.6 Å². The molecule has 0 saturated carbocycles. The fourth-order valence-corrected chi connectivity index (χ4v) is 3.46. The first-order valence-electron chi connectivity index (χ1n) is 5.56. The molecule has 4 aromatic rings. The van der Waals surface area contributed by atoms with Crippen molar-refractivity contribution in [2.45, 2.75) is 0 Å². The summed E-state index contributed by atoms with van der Waals surface area (Å²) in [4.78, 5) is 1.94. The van der Waals surface area contributed by atoms with Crippen LogP contribution in [-0.2, 0) is 7.05 Å². The molecule has 0 radical (unpaired) electrons. The van der Waals surface area contributed by atoms with E-state index in [1.807, 2.05) is 24.7 Å². The zero-order chi connectivity index (χ0) is 12.8. The fourth-order valence-electron chi connectivity index (χ4n) is 1.83. The zero-order valence-corrected chi connectivity index (χ0v) is 11.5. The van der Waals surface area contributed by atoms with Gasteiger partial charge in [0.1, 0.15) is 0 Å². The van der Waals surface area contributed by atoms with Gasteiger partial charge in [-0.05, 0) is 11.4 Å². The third-order valence-corrected chi connectivity index (χ3v) is 4.62. The second kappa shape index (κ2) is 3.97. The average molecular weight is 288 g/mol. The van der Waals surface area contributed by atoms with Crippen LogP contribution in [0.5, 0.6) is 0 Å². The molecule has 4 heterocycles. The standard InChI is InChI=1S/C11H8N6S2/c1-16-6-7(5-12-16)9-13-14-11-17(9)15-10(19-11)8-3-2-4-18-8/h2-6H,1H3. The van der Waals surface area contributed by atoms with Gasteiger partial charge in [-0.3, -0.25) is 4.68 Å². The Morgan fingerprint density at radius 1 is 1.26 bits per heavy atom. The van der Waals surface area contributed by atoms with Crippen LogP contribution in [0.2, 0.25) is 0 Å². The van der Waals surface area contributed by atoms with Crippen LogP contribution in [0, 0.1) is 0 Å². The van der Waals surface area contributed by atoms with Crippen molar-refractivity contribution < 1.29 is 0 Å². The highest BCUT2D eigenvalue weighted by Crippen LogP contribution is 2.30. The molecule has 4 aromatic heterocycles. The largest absolute Gasteiger partial charge is 0.275 e. The van der Waals surface area contributed by atoms with Crippen molar-refractivity contribution in [1.82, 2.24) is 29.6 Å². The second-order valence-electron chi connectivity index (χ2n) is 4.01. The van der Waals surface area contributed by atoms with E-state index in [1.165, 1.54) is 11.3 Å². The number of hydrogen-bond acceptors (Lipinski definition) is 6. The molecule has 0 aromatic carbocycles. The van der Waals surface area contributed by atoms with Gasteiger partial charge in [0, 0.05) is 13.2 Å². The Balaban J connectivity index is 1.89. The molecule has 4 rings (SSSR count). The van der Waals surface area contributed by atoms with Gasteiger partial charge in [0.25, 0.3) is 0 Å². The average Bonchev–Trinajstić information content (AvgIpc) is 3.11. The van der Waals surface area contributed by atoms with Crippen LogP contribution in [0.4, 0.5) is 0 Å². The Labute approximate surface area is 116 Å². The second-order valence-corrected chi connectivity index (χ2v) is 5.91. The van der Waals surface area contributed by atoms with Gasteiger partial charge in [-0.1, -0.05) is 17.4 Å². The molecule has 0 spiro atoms. The van der Waals surface area contributed by atoms with Gasteiger partial charge in [-0.25, -0.2) is 0 Å². The highest BCUT2D eigenvalue weighted by Gasteiger charge is 2.15. The SMILES string of the molecule is Cn1cc(-c2nnc3sc(-c4cccs4)nn23)cn1. The van der Waals surface area contributed by atoms with E-state index in [-0.39, 0.29) is 0 Å². The normalized spacial score (nSPS) is 11.4. The van der Waals surface area contributed by atoms with Crippen molar-refractivity contribution in [1.29, 1.82) is 0 Å². The van der Waals surface area contributed by atoms with Gasteiger partial charge in [0.2, 0.25) is 4.96 Å². The van der Waals surface area contributed by atoms with Crippen molar-refractivity contribution >= 4 is 27.6 Å². The van der Waals surface area contributed by atoms with Crippen molar-refractivity contribution in [3.8, 4) is 21.3 Å². The lowest BCUT2D eigenvalue weighted by Crippen LogP contribution is -1.89. The molecular weight excluding hydrogens is 280 g/mol. The molecular formula is C11H8N6S2. The van der Waals surface area contributed by atoms with E-state index < -0.39 is 0 Å². The smallest absolute Gasteiger partial charge is 0.235 e. The van der Waals surface area contributed by atoms with Crippen LogP contribution in [0.25, 0.3) is 26.2 Å². The summed E-state index contributed by atoms with van der Waals surface area (Å²) in [5.74, 6) is 0.724. The van der Waals surface area contributed by atoms with Crippen LogP contribution in [0.15, 0.2) is 29.9 Å². The van der Waals surface area contributed by atoms with Gasteiger partial charge >= 0.3 is 0 Å². The summed E-state index contributed by atoms with van der Waals surface area (Å²) in [5, 5.41) is 20.1. The van der Waals surface area contributed by atoms with Crippen LogP contribution in [0.3, 0.4) is 0 Å². The molecule has 0 unspecified atom stereocenters. The predicted octanol–water partition coefficient (Wildman–Crippen LogP) is 2.31. The number of aromatic nitrogens is 6. The summed E-state index contributed by atoms with van der Waals surface area (Å²) in [6, 6.07) is 4.07. The number of aryl methyl sites for hydroxylation is 1. The third kappa shape index (κ3) is 1.68. The molecule has 94 valence electrons. The quantitative estimate of drug-likeness (QED) is 0.568. The van der Waals surface area contributed by atoms with E-state index in [0.717, 1.165) is 26.2 Å². The number of fused-ring (bicyclic) bond motifs is 1. The maximum atomic E-state index is 4.58. The van der Waals surface area contributed by atoms with E-state index >= 15 is 0 Å².